The van der Waals surface area contributed by atoms with Crippen LogP contribution in [0, 0.1) is 5.92 Å². The van der Waals surface area contributed by atoms with Crippen LogP contribution in [0.4, 0.5) is 11.8 Å². The lowest BCUT2D eigenvalue weighted by Crippen LogP contribution is -2.37. The van der Waals surface area contributed by atoms with Gasteiger partial charge in [-0.05, 0) is 12.3 Å². The maximum Gasteiger partial charge on any atom is 0.228 e. The van der Waals surface area contributed by atoms with Crippen molar-refractivity contribution in [1.82, 2.24) is 9.97 Å². The largest absolute Gasteiger partial charge is 0.378 e. The number of ether oxygens (including phenoxy) is 1. The van der Waals surface area contributed by atoms with Gasteiger partial charge in [-0.25, -0.2) is 4.98 Å². The van der Waals surface area contributed by atoms with Crippen LogP contribution < -0.4 is 10.2 Å². The standard InChI is InChI=1S/C14H22Cl2N4O/c1-10(2)9-17-13-11(3-4-15)12(16)18-14(19-13)20-5-7-21-8-6-20/h10H,3-9H2,1-2H3,(H,17,18,19). The summed E-state index contributed by atoms with van der Waals surface area (Å²) >= 11 is 12.2. The molecule has 0 atom stereocenters. The summed E-state index contributed by atoms with van der Waals surface area (Å²) in [4.78, 5) is 11.2. The smallest absolute Gasteiger partial charge is 0.228 e. The Kier molecular flexibility index (Phi) is 6.33. The minimum atomic E-state index is 0.485. The van der Waals surface area contributed by atoms with Gasteiger partial charge >= 0.3 is 0 Å². The van der Waals surface area contributed by atoms with Gasteiger partial charge in [0.25, 0.3) is 0 Å². The van der Waals surface area contributed by atoms with Gasteiger partial charge in [-0.2, -0.15) is 4.98 Å². The molecule has 0 aromatic carbocycles. The summed E-state index contributed by atoms with van der Waals surface area (Å²) in [6.45, 7) is 8.10. The summed E-state index contributed by atoms with van der Waals surface area (Å²) in [6.07, 6.45) is 0.657. The number of aromatic nitrogens is 2. The van der Waals surface area contributed by atoms with E-state index in [1.807, 2.05) is 0 Å². The van der Waals surface area contributed by atoms with E-state index in [0.717, 1.165) is 31.0 Å². The number of anilines is 2. The van der Waals surface area contributed by atoms with Crippen molar-refractivity contribution in [2.24, 2.45) is 5.92 Å². The zero-order valence-electron chi connectivity index (χ0n) is 12.5. The van der Waals surface area contributed by atoms with Crippen molar-refractivity contribution in [3.05, 3.63) is 10.7 Å². The average Bonchev–Trinajstić information content (AvgIpc) is 2.48. The van der Waals surface area contributed by atoms with Gasteiger partial charge in [-0.15, -0.1) is 11.6 Å². The number of morpholine rings is 1. The molecule has 1 fully saturated rings. The fourth-order valence-electron chi connectivity index (χ4n) is 2.11. The van der Waals surface area contributed by atoms with Gasteiger partial charge in [-0.1, -0.05) is 25.4 Å². The summed E-state index contributed by atoms with van der Waals surface area (Å²) in [5, 5.41) is 3.85. The lowest BCUT2D eigenvalue weighted by atomic mass is 10.2. The highest BCUT2D eigenvalue weighted by Crippen LogP contribution is 2.26. The molecular weight excluding hydrogens is 311 g/mol. The van der Waals surface area contributed by atoms with Crippen LogP contribution in [0.2, 0.25) is 5.15 Å². The Hall–Kier alpha value is -0.780. The number of hydrogen-bond donors (Lipinski definition) is 1. The number of nitrogens with one attached hydrogen (secondary N) is 1. The molecule has 0 radical (unpaired) electrons. The molecular formula is C14H22Cl2N4O. The van der Waals surface area contributed by atoms with Crippen molar-refractivity contribution in [3.8, 4) is 0 Å². The normalized spacial score (nSPS) is 15.6. The Morgan fingerprint density at radius 2 is 2.00 bits per heavy atom. The minimum absolute atomic E-state index is 0.485. The highest BCUT2D eigenvalue weighted by Gasteiger charge is 2.19. The summed E-state index contributed by atoms with van der Waals surface area (Å²) in [7, 11) is 0. The molecule has 5 nitrogen and oxygen atoms in total. The van der Waals surface area contributed by atoms with E-state index in [-0.39, 0.29) is 0 Å². The van der Waals surface area contributed by atoms with Crippen LogP contribution in [0.1, 0.15) is 19.4 Å². The molecule has 0 spiro atoms. The molecule has 0 unspecified atom stereocenters. The van der Waals surface area contributed by atoms with Crippen LogP contribution in [0.3, 0.4) is 0 Å². The molecule has 0 bridgehead atoms. The van der Waals surface area contributed by atoms with E-state index < -0.39 is 0 Å². The Labute approximate surface area is 136 Å². The first-order valence-electron chi connectivity index (χ1n) is 7.30. The third-order valence-electron chi connectivity index (χ3n) is 3.26. The fourth-order valence-corrected chi connectivity index (χ4v) is 2.56. The van der Waals surface area contributed by atoms with Crippen molar-refractivity contribution in [2.75, 3.05) is 48.9 Å². The van der Waals surface area contributed by atoms with Crippen molar-refractivity contribution in [2.45, 2.75) is 20.3 Å². The highest BCUT2D eigenvalue weighted by atomic mass is 35.5. The predicted molar refractivity (Wildman–Crippen MR) is 87.8 cm³/mol. The first-order valence-corrected chi connectivity index (χ1v) is 8.22. The van der Waals surface area contributed by atoms with Gasteiger partial charge in [0.15, 0.2) is 0 Å². The molecule has 0 amide bonds. The Bertz CT molecular complexity index is 465. The van der Waals surface area contributed by atoms with Gasteiger partial charge in [0, 0.05) is 31.1 Å². The summed E-state index contributed by atoms with van der Waals surface area (Å²) in [5.74, 6) is 2.48. The molecule has 1 aliphatic rings. The van der Waals surface area contributed by atoms with Crippen LogP contribution in [-0.4, -0.2) is 48.7 Å². The van der Waals surface area contributed by atoms with Crippen molar-refractivity contribution in [1.29, 1.82) is 0 Å². The molecule has 1 aromatic heterocycles. The Balaban J connectivity index is 2.26. The van der Waals surface area contributed by atoms with E-state index in [1.165, 1.54) is 0 Å². The zero-order chi connectivity index (χ0) is 15.2. The van der Waals surface area contributed by atoms with E-state index >= 15 is 0 Å². The van der Waals surface area contributed by atoms with Gasteiger partial charge in [-0.3, -0.25) is 0 Å². The maximum atomic E-state index is 6.34. The van der Waals surface area contributed by atoms with E-state index in [0.29, 0.717) is 42.5 Å². The number of hydrogen-bond acceptors (Lipinski definition) is 5. The molecule has 1 saturated heterocycles. The first kappa shape index (κ1) is 16.6. The van der Waals surface area contributed by atoms with Gasteiger partial charge in [0.1, 0.15) is 11.0 Å². The summed E-state index contributed by atoms with van der Waals surface area (Å²) in [6, 6.07) is 0. The van der Waals surface area contributed by atoms with Crippen molar-refractivity contribution in [3.63, 3.8) is 0 Å². The van der Waals surface area contributed by atoms with E-state index in [2.05, 4.69) is 34.0 Å². The molecule has 1 aliphatic heterocycles. The molecule has 2 heterocycles. The minimum Gasteiger partial charge on any atom is -0.378 e. The van der Waals surface area contributed by atoms with Gasteiger partial charge in [0.2, 0.25) is 5.95 Å². The van der Waals surface area contributed by atoms with Crippen LogP contribution in [0.5, 0.6) is 0 Å². The number of alkyl halides is 1. The van der Waals surface area contributed by atoms with Crippen LogP contribution in [-0.2, 0) is 11.2 Å². The van der Waals surface area contributed by atoms with Crippen molar-refractivity contribution >= 4 is 35.0 Å². The average molecular weight is 333 g/mol. The zero-order valence-corrected chi connectivity index (χ0v) is 14.0. The molecule has 1 N–H and O–H groups in total. The molecule has 0 saturated carbocycles. The first-order chi connectivity index (χ1) is 10.1. The third kappa shape index (κ3) is 4.59. The quantitative estimate of drug-likeness (QED) is 0.641. The third-order valence-corrected chi connectivity index (χ3v) is 3.76. The summed E-state index contributed by atoms with van der Waals surface area (Å²) < 4.78 is 5.36. The molecule has 21 heavy (non-hydrogen) atoms. The second-order valence-electron chi connectivity index (χ2n) is 5.45. The fraction of sp³-hybridized carbons (Fsp3) is 0.714. The number of nitrogens with zero attached hydrogens (tertiary/aromatic N) is 3. The van der Waals surface area contributed by atoms with Gasteiger partial charge in [0.05, 0.1) is 13.2 Å². The lowest BCUT2D eigenvalue weighted by Gasteiger charge is -2.27. The topological polar surface area (TPSA) is 50.3 Å². The Morgan fingerprint density at radius 3 is 2.62 bits per heavy atom. The Morgan fingerprint density at radius 1 is 1.29 bits per heavy atom. The molecule has 0 aliphatic carbocycles. The monoisotopic (exact) mass is 332 g/mol. The van der Waals surface area contributed by atoms with Crippen LogP contribution in [0.15, 0.2) is 0 Å². The van der Waals surface area contributed by atoms with E-state index in [1.54, 1.807) is 0 Å². The van der Waals surface area contributed by atoms with Crippen LogP contribution >= 0.6 is 23.2 Å². The second kappa shape index (κ2) is 8.01. The lowest BCUT2D eigenvalue weighted by molar-refractivity contribution is 0.122. The molecule has 1 aromatic rings. The summed E-state index contributed by atoms with van der Waals surface area (Å²) in [5.41, 5.74) is 0.893. The maximum absolute atomic E-state index is 6.34. The molecule has 2 rings (SSSR count). The highest BCUT2D eigenvalue weighted by molar-refractivity contribution is 6.30. The molecule has 7 heteroatoms. The van der Waals surface area contributed by atoms with Crippen molar-refractivity contribution < 1.29 is 4.74 Å². The van der Waals surface area contributed by atoms with E-state index in [9.17, 15) is 0 Å². The SMILES string of the molecule is CC(C)CNc1nc(N2CCOCC2)nc(Cl)c1CCCl. The van der Waals surface area contributed by atoms with Gasteiger partial charge < -0.3 is 15.0 Å². The van der Waals surface area contributed by atoms with E-state index in [4.69, 9.17) is 27.9 Å². The number of rotatable bonds is 6. The second-order valence-corrected chi connectivity index (χ2v) is 6.19. The molecule has 118 valence electrons. The predicted octanol–water partition coefficient (Wildman–Crippen LogP) is 2.82. The number of halogens is 2. The van der Waals surface area contributed by atoms with Crippen LogP contribution in [0.25, 0.3) is 0 Å².